The lowest BCUT2D eigenvalue weighted by molar-refractivity contribution is 0.317. The van der Waals surface area contributed by atoms with Gasteiger partial charge in [0.05, 0.1) is 21.8 Å². The van der Waals surface area contributed by atoms with Gasteiger partial charge in [0.1, 0.15) is 5.82 Å². The summed E-state index contributed by atoms with van der Waals surface area (Å²) in [5, 5.41) is 2.44. The van der Waals surface area contributed by atoms with E-state index in [1.165, 1.54) is 8.87 Å². The molecule has 0 aliphatic heterocycles. The van der Waals surface area contributed by atoms with E-state index in [-0.39, 0.29) is 10.5 Å². The number of hydrogen-bond acceptors (Lipinski definition) is 4. The standard InChI is InChI=1S/C26H28ClN3O3S/c1-4-5-8-16-30(34(32,33)24-13-9-11-19-10-6-7-12-21(19)24)18(2)25-28-23-17-20(27)14-15-22(23)26(31)29(25)3/h6-7,9-15,17-18H,4-5,8,16H2,1-3H3. The molecule has 34 heavy (non-hydrogen) atoms. The van der Waals surface area contributed by atoms with E-state index >= 15 is 0 Å². The van der Waals surface area contributed by atoms with Gasteiger partial charge in [-0.2, -0.15) is 4.31 Å². The first-order valence-electron chi connectivity index (χ1n) is 11.4. The summed E-state index contributed by atoms with van der Waals surface area (Å²) in [6, 6.07) is 17.0. The van der Waals surface area contributed by atoms with Crippen molar-refractivity contribution >= 4 is 43.3 Å². The average Bonchev–Trinajstić information content (AvgIpc) is 2.83. The molecule has 0 fully saturated rings. The van der Waals surface area contributed by atoms with Crippen LogP contribution < -0.4 is 5.56 Å². The topological polar surface area (TPSA) is 72.3 Å². The second-order valence-corrected chi connectivity index (χ2v) is 10.8. The number of hydrogen-bond donors (Lipinski definition) is 0. The number of nitrogens with zero attached hydrogens (tertiary/aromatic N) is 3. The molecule has 1 atom stereocenters. The molecule has 0 bridgehead atoms. The summed E-state index contributed by atoms with van der Waals surface area (Å²) < 4.78 is 31.0. The van der Waals surface area contributed by atoms with Crippen molar-refractivity contribution in [1.29, 1.82) is 0 Å². The van der Waals surface area contributed by atoms with Crippen LogP contribution >= 0.6 is 11.6 Å². The van der Waals surface area contributed by atoms with Crippen LogP contribution in [0.25, 0.3) is 21.7 Å². The van der Waals surface area contributed by atoms with E-state index in [4.69, 9.17) is 11.6 Å². The molecule has 4 aromatic rings. The zero-order valence-electron chi connectivity index (χ0n) is 19.5. The third kappa shape index (κ3) is 4.48. The van der Waals surface area contributed by atoms with Gasteiger partial charge < -0.3 is 0 Å². The van der Waals surface area contributed by atoms with Crippen molar-refractivity contribution in [3.63, 3.8) is 0 Å². The van der Waals surface area contributed by atoms with Crippen LogP contribution in [0.1, 0.15) is 45.0 Å². The van der Waals surface area contributed by atoms with Crippen molar-refractivity contribution in [3.05, 3.63) is 81.9 Å². The predicted molar refractivity (Wildman–Crippen MR) is 138 cm³/mol. The molecule has 3 aromatic carbocycles. The summed E-state index contributed by atoms with van der Waals surface area (Å²) in [4.78, 5) is 18.0. The van der Waals surface area contributed by atoms with Crippen LogP contribution in [0.4, 0.5) is 0 Å². The number of aromatic nitrogens is 2. The number of benzene rings is 3. The van der Waals surface area contributed by atoms with E-state index < -0.39 is 16.1 Å². The van der Waals surface area contributed by atoms with E-state index in [0.717, 1.165) is 18.2 Å². The van der Waals surface area contributed by atoms with Gasteiger partial charge in [0.25, 0.3) is 5.56 Å². The molecular weight excluding hydrogens is 470 g/mol. The van der Waals surface area contributed by atoms with Gasteiger partial charge in [-0.25, -0.2) is 13.4 Å². The molecule has 0 amide bonds. The molecule has 0 N–H and O–H groups in total. The highest BCUT2D eigenvalue weighted by atomic mass is 35.5. The Kier molecular flexibility index (Phi) is 7.07. The summed E-state index contributed by atoms with van der Waals surface area (Å²) in [6.07, 6.45) is 2.56. The Labute approximate surface area is 204 Å². The highest BCUT2D eigenvalue weighted by Gasteiger charge is 2.33. The fourth-order valence-electron chi connectivity index (χ4n) is 4.35. The Hall–Kier alpha value is -2.74. The van der Waals surface area contributed by atoms with Crippen LogP contribution in [-0.4, -0.2) is 28.8 Å². The Bertz CT molecular complexity index is 1510. The lowest BCUT2D eigenvalue weighted by Gasteiger charge is -2.29. The molecule has 1 heterocycles. The van der Waals surface area contributed by atoms with Crippen molar-refractivity contribution < 1.29 is 8.42 Å². The fraction of sp³-hybridized carbons (Fsp3) is 0.308. The van der Waals surface area contributed by atoms with Crippen molar-refractivity contribution in [2.75, 3.05) is 6.54 Å². The monoisotopic (exact) mass is 497 g/mol. The van der Waals surface area contributed by atoms with Gasteiger partial charge in [0, 0.05) is 24.0 Å². The minimum absolute atomic E-state index is 0.236. The predicted octanol–water partition coefficient (Wildman–Crippen LogP) is 5.68. The first-order chi connectivity index (χ1) is 16.3. The molecule has 4 rings (SSSR count). The van der Waals surface area contributed by atoms with Crippen molar-refractivity contribution in [1.82, 2.24) is 13.9 Å². The van der Waals surface area contributed by atoms with Crippen molar-refractivity contribution in [2.24, 2.45) is 7.05 Å². The van der Waals surface area contributed by atoms with E-state index in [2.05, 4.69) is 11.9 Å². The highest BCUT2D eigenvalue weighted by Crippen LogP contribution is 2.31. The van der Waals surface area contributed by atoms with Crippen LogP contribution in [-0.2, 0) is 17.1 Å². The van der Waals surface area contributed by atoms with Crippen molar-refractivity contribution in [2.45, 2.75) is 44.0 Å². The van der Waals surface area contributed by atoms with E-state index in [1.54, 1.807) is 44.3 Å². The SMILES string of the molecule is CCCCCN(C(C)c1nc2cc(Cl)ccc2c(=O)n1C)S(=O)(=O)c1cccc2ccccc12. The summed E-state index contributed by atoms with van der Waals surface area (Å²) in [6.45, 7) is 4.18. The lowest BCUT2D eigenvalue weighted by atomic mass is 10.1. The van der Waals surface area contributed by atoms with E-state index in [9.17, 15) is 13.2 Å². The number of sulfonamides is 1. The quantitative estimate of drug-likeness (QED) is 0.293. The van der Waals surface area contributed by atoms with Crippen LogP contribution in [0.3, 0.4) is 0 Å². The molecule has 0 spiro atoms. The van der Waals surface area contributed by atoms with Crippen LogP contribution in [0.15, 0.2) is 70.4 Å². The summed E-state index contributed by atoms with van der Waals surface area (Å²) >= 11 is 6.14. The molecule has 0 radical (unpaired) electrons. The van der Waals surface area contributed by atoms with Crippen LogP contribution in [0.2, 0.25) is 5.02 Å². The van der Waals surface area contributed by atoms with Gasteiger partial charge in [-0.05, 0) is 43.0 Å². The third-order valence-corrected chi connectivity index (χ3v) is 8.46. The summed E-state index contributed by atoms with van der Waals surface area (Å²) in [5.41, 5.74) is 0.216. The molecule has 0 aliphatic rings. The summed E-state index contributed by atoms with van der Waals surface area (Å²) in [5.74, 6) is 0.375. The van der Waals surface area contributed by atoms with Crippen LogP contribution in [0, 0.1) is 0 Å². The smallest absolute Gasteiger partial charge is 0.261 e. The normalized spacial score (nSPS) is 13.1. The van der Waals surface area contributed by atoms with Gasteiger partial charge in [-0.15, -0.1) is 0 Å². The maximum Gasteiger partial charge on any atom is 0.261 e. The number of fused-ring (bicyclic) bond motifs is 2. The molecule has 0 saturated carbocycles. The second-order valence-electron chi connectivity index (χ2n) is 8.47. The van der Waals surface area contributed by atoms with Crippen LogP contribution in [0.5, 0.6) is 0 Å². The maximum absolute atomic E-state index is 14.1. The van der Waals surface area contributed by atoms with Gasteiger partial charge in [-0.1, -0.05) is 67.8 Å². The van der Waals surface area contributed by atoms with Gasteiger partial charge in [0.15, 0.2) is 0 Å². The average molecular weight is 498 g/mol. The third-order valence-electron chi connectivity index (χ3n) is 6.20. The Morgan fingerprint density at radius 3 is 2.53 bits per heavy atom. The fourth-order valence-corrected chi connectivity index (χ4v) is 6.36. The molecule has 6 nitrogen and oxygen atoms in total. The minimum Gasteiger partial charge on any atom is -0.298 e. The highest BCUT2D eigenvalue weighted by molar-refractivity contribution is 7.89. The molecule has 1 unspecified atom stereocenters. The summed E-state index contributed by atoms with van der Waals surface area (Å²) in [7, 11) is -2.27. The Morgan fingerprint density at radius 1 is 1.03 bits per heavy atom. The molecule has 1 aromatic heterocycles. The lowest BCUT2D eigenvalue weighted by Crippen LogP contribution is -2.38. The molecule has 178 valence electrons. The first kappa shape index (κ1) is 24.4. The Balaban J connectivity index is 1.87. The number of halogens is 1. The molecule has 0 saturated heterocycles. The number of unbranched alkanes of at least 4 members (excludes halogenated alkanes) is 2. The molecule has 0 aliphatic carbocycles. The van der Waals surface area contributed by atoms with Gasteiger partial charge in [0.2, 0.25) is 10.0 Å². The molecule has 8 heteroatoms. The Morgan fingerprint density at radius 2 is 1.76 bits per heavy atom. The van der Waals surface area contributed by atoms with Gasteiger partial charge in [-0.3, -0.25) is 9.36 Å². The van der Waals surface area contributed by atoms with E-state index in [0.29, 0.717) is 40.1 Å². The zero-order chi connectivity index (χ0) is 24.5. The minimum atomic E-state index is -3.89. The largest absolute Gasteiger partial charge is 0.298 e. The number of rotatable bonds is 8. The maximum atomic E-state index is 14.1. The zero-order valence-corrected chi connectivity index (χ0v) is 21.1. The van der Waals surface area contributed by atoms with E-state index in [1.807, 2.05) is 30.3 Å². The first-order valence-corrected chi connectivity index (χ1v) is 13.2. The molecular formula is C26H28ClN3O3S. The second kappa shape index (κ2) is 9.86. The van der Waals surface area contributed by atoms with Crippen molar-refractivity contribution in [3.8, 4) is 0 Å². The van der Waals surface area contributed by atoms with Gasteiger partial charge >= 0.3 is 0 Å².